The number of nitrogens with one attached hydrogen (secondary N) is 1. The van der Waals surface area contributed by atoms with Crippen LogP contribution in [0.2, 0.25) is 0 Å². The molecule has 0 aromatic heterocycles. The van der Waals surface area contributed by atoms with Crippen LogP contribution in [0.3, 0.4) is 0 Å². The highest BCUT2D eigenvalue weighted by molar-refractivity contribution is 7.80. The number of hydrogen-bond donors (Lipinski definition) is 1. The molecule has 1 fully saturated rings. The van der Waals surface area contributed by atoms with Crippen molar-refractivity contribution in [2.45, 2.75) is 13.8 Å². The van der Waals surface area contributed by atoms with Crippen LogP contribution >= 0.6 is 12.2 Å². The molecule has 0 radical (unpaired) electrons. The van der Waals surface area contributed by atoms with Crippen molar-refractivity contribution in [3.05, 3.63) is 47.5 Å². The van der Waals surface area contributed by atoms with Gasteiger partial charge in [-0.1, -0.05) is 12.1 Å². The zero-order chi connectivity index (χ0) is 18.8. The summed E-state index contributed by atoms with van der Waals surface area (Å²) in [5, 5.41) is 4.10. The third kappa shape index (κ3) is 3.95. The van der Waals surface area contributed by atoms with E-state index in [1.165, 1.54) is 16.8 Å². The topological polar surface area (TPSA) is 37.0 Å². The molecule has 0 bridgehead atoms. The van der Waals surface area contributed by atoms with Gasteiger partial charge in [0.15, 0.2) is 16.6 Å². The number of ether oxygens (including phenoxy) is 2. The Morgan fingerprint density at radius 2 is 1.67 bits per heavy atom. The molecule has 2 aliphatic heterocycles. The number of thiocarbonyl (C=S) groups is 1. The van der Waals surface area contributed by atoms with E-state index in [-0.39, 0.29) is 0 Å². The summed E-state index contributed by atoms with van der Waals surface area (Å²) >= 11 is 5.64. The summed E-state index contributed by atoms with van der Waals surface area (Å²) in [5.74, 6) is 1.56. The zero-order valence-corrected chi connectivity index (χ0v) is 16.6. The lowest BCUT2D eigenvalue weighted by Gasteiger charge is -2.38. The molecule has 1 saturated heterocycles. The van der Waals surface area contributed by atoms with Crippen molar-refractivity contribution in [2.24, 2.45) is 0 Å². The first-order valence-corrected chi connectivity index (χ1v) is 9.79. The third-order valence-corrected chi connectivity index (χ3v) is 5.43. The number of hydrogen-bond acceptors (Lipinski definition) is 4. The molecule has 2 aliphatic rings. The van der Waals surface area contributed by atoms with Crippen LogP contribution in [0.5, 0.6) is 11.5 Å². The van der Waals surface area contributed by atoms with Gasteiger partial charge in [0.25, 0.3) is 0 Å². The lowest BCUT2D eigenvalue weighted by Crippen LogP contribution is -2.50. The molecular formula is C21H25N3O2S. The number of benzene rings is 2. The van der Waals surface area contributed by atoms with E-state index in [1.807, 2.05) is 18.2 Å². The average Bonchev–Trinajstić information content (AvgIpc) is 2.70. The molecule has 0 amide bonds. The van der Waals surface area contributed by atoms with Crippen molar-refractivity contribution >= 4 is 28.7 Å². The van der Waals surface area contributed by atoms with E-state index >= 15 is 0 Å². The number of nitrogens with zero attached hydrogens (tertiary/aromatic N) is 2. The summed E-state index contributed by atoms with van der Waals surface area (Å²) in [4.78, 5) is 4.68. The maximum Gasteiger partial charge on any atom is 0.173 e. The molecule has 2 aromatic rings. The first-order chi connectivity index (χ1) is 13.1. The van der Waals surface area contributed by atoms with Crippen LogP contribution in [0.25, 0.3) is 0 Å². The Labute approximate surface area is 165 Å². The van der Waals surface area contributed by atoms with Crippen LogP contribution in [0.4, 0.5) is 11.4 Å². The van der Waals surface area contributed by atoms with Gasteiger partial charge >= 0.3 is 0 Å². The Bertz CT molecular complexity index is 847. The fourth-order valence-electron chi connectivity index (χ4n) is 3.53. The number of anilines is 2. The summed E-state index contributed by atoms with van der Waals surface area (Å²) in [7, 11) is 0. The smallest absolute Gasteiger partial charge is 0.173 e. The summed E-state index contributed by atoms with van der Waals surface area (Å²) < 4.78 is 11.2. The molecule has 5 nitrogen and oxygen atoms in total. The molecule has 1 N–H and O–H groups in total. The van der Waals surface area contributed by atoms with Crippen molar-refractivity contribution in [1.82, 2.24) is 4.90 Å². The van der Waals surface area contributed by atoms with Gasteiger partial charge < -0.3 is 24.6 Å². The molecule has 2 aromatic carbocycles. The van der Waals surface area contributed by atoms with Gasteiger partial charge in [0.1, 0.15) is 13.2 Å². The largest absolute Gasteiger partial charge is 0.486 e. The van der Waals surface area contributed by atoms with Crippen molar-refractivity contribution in [1.29, 1.82) is 0 Å². The molecule has 142 valence electrons. The van der Waals surface area contributed by atoms with Gasteiger partial charge in [0.05, 0.1) is 0 Å². The molecule has 2 heterocycles. The van der Waals surface area contributed by atoms with E-state index < -0.39 is 0 Å². The van der Waals surface area contributed by atoms with Gasteiger partial charge in [-0.3, -0.25) is 0 Å². The lowest BCUT2D eigenvalue weighted by atomic mass is 10.1. The highest BCUT2D eigenvalue weighted by Gasteiger charge is 2.21. The van der Waals surface area contributed by atoms with E-state index in [1.54, 1.807) is 0 Å². The van der Waals surface area contributed by atoms with E-state index in [4.69, 9.17) is 21.7 Å². The van der Waals surface area contributed by atoms with Crippen LogP contribution < -0.4 is 19.7 Å². The van der Waals surface area contributed by atoms with Gasteiger partial charge in [0.2, 0.25) is 0 Å². The second-order valence-corrected chi connectivity index (χ2v) is 7.44. The number of rotatable bonds is 2. The lowest BCUT2D eigenvalue weighted by molar-refractivity contribution is 0.171. The van der Waals surface area contributed by atoms with Crippen LogP contribution in [0.1, 0.15) is 11.1 Å². The Balaban J connectivity index is 1.37. The van der Waals surface area contributed by atoms with Gasteiger partial charge in [0, 0.05) is 43.6 Å². The average molecular weight is 384 g/mol. The minimum absolute atomic E-state index is 0.585. The first kappa shape index (κ1) is 17.9. The molecule has 0 unspecified atom stereocenters. The predicted octanol–water partition coefficient (Wildman–Crippen LogP) is 3.59. The van der Waals surface area contributed by atoms with Crippen LogP contribution in [0.15, 0.2) is 36.4 Å². The van der Waals surface area contributed by atoms with Crippen LogP contribution in [-0.2, 0) is 0 Å². The quantitative estimate of drug-likeness (QED) is 0.799. The highest BCUT2D eigenvalue weighted by atomic mass is 32.1. The molecule has 4 rings (SSSR count). The van der Waals surface area contributed by atoms with Gasteiger partial charge in [-0.2, -0.15) is 0 Å². The van der Waals surface area contributed by atoms with E-state index in [0.29, 0.717) is 13.2 Å². The molecular weight excluding hydrogens is 358 g/mol. The number of aryl methyl sites for hydroxylation is 2. The van der Waals surface area contributed by atoms with Crippen molar-refractivity contribution < 1.29 is 9.47 Å². The normalized spacial score (nSPS) is 16.2. The molecule has 27 heavy (non-hydrogen) atoms. The molecule has 0 aliphatic carbocycles. The third-order valence-electron chi connectivity index (χ3n) is 5.07. The van der Waals surface area contributed by atoms with E-state index in [9.17, 15) is 0 Å². The second-order valence-electron chi connectivity index (χ2n) is 7.05. The standard InChI is InChI=1S/C21H25N3O2S/c1-15-3-4-16(2)18(13-15)23-7-9-24(10-8-23)21(27)22-17-5-6-19-20(14-17)26-12-11-25-19/h3-6,13-14H,7-12H2,1-2H3,(H,22,27). The van der Waals surface area contributed by atoms with Crippen molar-refractivity contribution in [3.8, 4) is 11.5 Å². The Morgan fingerprint density at radius 1 is 0.926 bits per heavy atom. The van der Waals surface area contributed by atoms with Crippen molar-refractivity contribution in [3.63, 3.8) is 0 Å². The molecule has 0 saturated carbocycles. The van der Waals surface area contributed by atoms with E-state index in [0.717, 1.165) is 48.5 Å². The predicted molar refractivity (Wildman–Crippen MR) is 113 cm³/mol. The highest BCUT2D eigenvalue weighted by Crippen LogP contribution is 2.32. The van der Waals surface area contributed by atoms with Crippen LogP contribution in [-0.4, -0.2) is 49.4 Å². The summed E-state index contributed by atoms with van der Waals surface area (Å²) in [5.41, 5.74) is 4.89. The minimum Gasteiger partial charge on any atom is -0.486 e. The molecule has 0 spiro atoms. The van der Waals surface area contributed by atoms with Crippen molar-refractivity contribution in [2.75, 3.05) is 49.6 Å². The maximum absolute atomic E-state index is 5.65. The minimum atomic E-state index is 0.585. The van der Waals surface area contributed by atoms with Crippen LogP contribution in [0, 0.1) is 13.8 Å². The molecule has 0 atom stereocenters. The summed E-state index contributed by atoms with van der Waals surface area (Å²) in [6, 6.07) is 12.5. The maximum atomic E-state index is 5.65. The second kappa shape index (κ2) is 7.64. The van der Waals surface area contributed by atoms with E-state index in [2.05, 4.69) is 47.2 Å². The Hall–Kier alpha value is -2.47. The summed E-state index contributed by atoms with van der Waals surface area (Å²) in [6.45, 7) is 9.25. The zero-order valence-electron chi connectivity index (χ0n) is 15.8. The summed E-state index contributed by atoms with van der Waals surface area (Å²) in [6.07, 6.45) is 0. The number of piperazine rings is 1. The fourth-order valence-corrected chi connectivity index (χ4v) is 3.83. The monoisotopic (exact) mass is 383 g/mol. The van der Waals surface area contributed by atoms with Gasteiger partial charge in [-0.05, 0) is 55.4 Å². The Morgan fingerprint density at radius 3 is 2.44 bits per heavy atom. The first-order valence-electron chi connectivity index (χ1n) is 9.38. The fraction of sp³-hybridized carbons (Fsp3) is 0.381. The SMILES string of the molecule is Cc1ccc(C)c(N2CCN(C(=S)Nc3ccc4c(c3)OCCO4)CC2)c1. The van der Waals surface area contributed by atoms with Gasteiger partial charge in [-0.15, -0.1) is 0 Å². The van der Waals surface area contributed by atoms with Gasteiger partial charge in [-0.25, -0.2) is 0 Å². The molecule has 6 heteroatoms. The number of fused-ring (bicyclic) bond motifs is 1. The Kier molecular flexibility index (Phi) is 5.07.